The Balaban J connectivity index is 1.78. The first-order chi connectivity index (χ1) is 13.3. The van der Waals surface area contributed by atoms with Crippen molar-refractivity contribution in [2.45, 2.75) is 51.9 Å². The Hall–Kier alpha value is -2.82. The van der Waals surface area contributed by atoms with E-state index in [0.29, 0.717) is 6.54 Å². The van der Waals surface area contributed by atoms with Crippen LogP contribution in [-0.4, -0.2) is 28.5 Å². The SMILES string of the molecule is C[C@H](NC(=O)OC(C)(C)C)[C@@H]1C(=O)N(Cc2ccccc2)[C@@H]1c1ccccc1. The Morgan fingerprint density at radius 1 is 1.07 bits per heavy atom. The number of carbonyl (C=O) groups excluding carboxylic acids is 2. The standard InChI is InChI=1S/C23H28N2O3/c1-16(24-22(27)28-23(2,3)4)19-20(18-13-9-6-10-14-18)25(21(19)26)15-17-11-7-5-8-12-17/h5-14,16,19-20H,15H2,1-4H3,(H,24,27)/t16-,19-,20+/m0/s1. The highest BCUT2D eigenvalue weighted by molar-refractivity contribution is 5.88. The molecule has 3 rings (SSSR count). The van der Waals surface area contributed by atoms with Gasteiger partial charge in [0.05, 0.1) is 12.0 Å². The molecule has 148 valence electrons. The fourth-order valence-electron chi connectivity index (χ4n) is 3.64. The van der Waals surface area contributed by atoms with E-state index in [2.05, 4.69) is 5.32 Å². The number of ether oxygens (including phenoxy) is 1. The van der Waals surface area contributed by atoms with Crippen LogP contribution < -0.4 is 5.32 Å². The highest BCUT2D eigenvalue weighted by Crippen LogP contribution is 2.43. The van der Waals surface area contributed by atoms with Gasteiger partial charge in [-0.1, -0.05) is 60.7 Å². The van der Waals surface area contributed by atoms with Gasteiger partial charge in [0.1, 0.15) is 5.60 Å². The van der Waals surface area contributed by atoms with Crippen LogP contribution in [0.25, 0.3) is 0 Å². The number of alkyl carbamates (subject to hydrolysis) is 1. The largest absolute Gasteiger partial charge is 0.444 e. The Bertz CT molecular complexity index is 815. The molecule has 0 aromatic heterocycles. The summed E-state index contributed by atoms with van der Waals surface area (Å²) in [5.41, 5.74) is 1.58. The third-order valence-electron chi connectivity index (χ3n) is 4.86. The summed E-state index contributed by atoms with van der Waals surface area (Å²) in [5.74, 6) is -0.278. The van der Waals surface area contributed by atoms with E-state index in [4.69, 9.17) is 4.74 Å². The lowest BCUT2D eigenvalue weighted by Gasteiger charge is -2.50. The number of likely N-dealkylation sites (tertiary alicyclic amines) is 1. The average Bonchev–Trinajstić information content (AvgIpc) is 2.63. The second-order valence-electron chi connectivity index (χ2n) is 8.27. The van der Waals surface area contributed by atoms with Gasteiger partial charge in [0.2, 0.25) is 5.91 Å². The van der Waals surface area contributed by atoms with E-state index < -0.39 is 11.7 Å². The summed E-state index contributed by atoms with van der Waals surface area (Å²) in [4.78, 5) is 27.0. The summed E-state index contributed by atoms with van der Waals surface area (Å²) in [7, 11) is 0. The van der Waals surface area contributed by atoms with Crippen molar-refractivity contribution in [3.05, 3.63) is 71.8 Å². The molecule has 2 aromatic rings. The molecule has 2 aromatic carbocycles. The number of nitrogens with one attached hydrogen (secondary N) is 1. The fraction of sp³-hybridized carbons (Fsp3) is 0.391. The first-order valence-electron chi connectivity index (χ1n) is 9.65. The molecule has 0 unspecified atom stereocenters. The van der Waals surface area contributed by atoms with Crippen LogP contribution in [0.2, 0.25) is 0 Å². The zero-order chi connectivity index (χ0) is 20.3. The van der Waals surface area contributed by atoms with Crippen LogP contribution in [0, 0.1) is 5.92 Å². The van der Waals surface area contributed by atoms with E-state index in [1.54, 1.807) is 0 Å². The lowest BCUT2D eigenvalue weighted by Crippen LogP contribution is -2.61. The second kappa shape index (κ2) is 8.05. The van der Waals surface area contributed by atoms with E-state index in [0.717, 1.165) is 11.1 Å². The summed E-state index contributed by atoms with van der Waals surface area (Å²) in [6.07, 6.45) is -0.499. The van der Waals surface area contributed by atoms with Gasteiger partial charge in [-0.15, -0.1) is 0 Å². The van der Waals surface area contributed by atoms with Crippen molar-refractivity contribution in [1.82, 2.24) is 10.2 Å². The molecule has 0 radical (unpaired) electrons. The molecule has 5 heteroatoms. The summed E-state index contributed by atoms with van der Waals surface area (Å²) < 4.78 is 5.35. The van der Waals surface area contributed by atoms with E-state index >= 15 is 0 Å². The molecule has 1 heterocycles. The van der Waals surface area contributed by atoms with Crippen LogP contribution in [0.15, 0.2) is 60.7 Å². The maximum atomic E-state index is 13.0. The number of carbonyl (C=O) groups is 2. The quantitative estimate of drug-likeness (QED) is 0.787. The predicted molar refractivity (Wildman–Crippen MR) is 108 cm³/mol. The number of hydrogen-bond donors (Lipinski definition) is 1. The van der Waals surface area contributed by atoms with Crippen LogP contribution in [0.1, 0.15) is 44.9 Å². The first kappa shape index (κ1) is 19.9. The van der Waals surface area contributed by atoms with Crippen LogP contribution in [-0.2, 0) is 16.1 Å². The van der Waals surface area contributed by atoms with Gasteiger partial charge in [-0.3, -0.25) is 4.79 Å². The number of β-lactam (4-membered cyclic amide) rings is 1. The van der Waals surface area contributed by atoms with Gasteiger partial charge < -0.3 is 15.0 Å². The van der Waals surface area contributed by atoms with Crippen molar-refractivity contribution in [2.24, 2.45) is 5.92 Å². The molecule has 3 atom stereocenters. The van der Waals surface area contributed by atoms with Crippen molar-refractivity contribution < 1.29 is 14.3 Å². The smallest absolute Gasteiger partial charge is 0.407 e. The molecule has 2 amide bonds. The summed E-state index contributed by atoms with van der Waals surface area (Å²) in [6.45, 7) is 7.87. The van der Waals surface area contributed by atoms with Gasteiger partial charge in [-0.2, -0.15) is 0 Å². The molecule has 1 aliphatic heterocycles. The van der Waals surface area contributed by atoms with Crippen LogP contribution in [0.5, 0.6) is 0 Å². The molecule has 0 aliphatic carbocycles. The molecular weight excluding hydrogens is 352 g/mol. The molecule has 28 heavy (non-hydrogen) atoms. The normalized spacial score (nSPS) is 20.3. The Kier molecular flexibility index (Phi) is 5.73. The van der Waals surface area contributed by atoms with Gasteiger partial charge in [-0.05, 0) is 38.8 Å². The predicted octanol–water partition coefficient (Wildman–Crippen LogP) is 4.30. The van der Waals surface area contributed by atoms with Crippen molar-refractivity contribution in [3.8, 4) is 0 Å². The van der Waals surface area contributed by atoms with E-state index in [9.17, 15) is 9.59 Å². The van der Waals surface area contributed by atoms with Crippen molar-refractivity contribution in [2.75, 3.05) is 0 Å². The minimum Gasteiger partial charge on any atom is -0.444 e. The number of amides is 2. The topological polar surface area (TPSA) is 58.6 Å². The molecule has 0 bridgehead atoms. The molecule has 0 spiro atoms. The summed E-state index contributed by atoms with van der Waals surface area (Å²) in [6, 6.07) is 19.5. The lowest BCUT2D eigenvalue weighted by atomic mass is 9.77. The Labute approximate surface area is 166 Å². The van der Waals surface area contributed by atoms with E-state index in [1.807, 2.05) is 93.3 Å². The van der Waals surface area contributed by atoms with Crippen LogP contribution >= 0.6 is 0 Å². The lowest BCUT2D eigenvalue weighted by molar-refractivity contribution is -0.160. The zero-order valence-electron chi connectivity index (χ0n) is 16.9. The van der Waals surface area contributed by atoms with Crippen LogP contribution in [0.4, 0.5) is 4.79 Å². The zero-order valence-corrected chi connectivity index (χ0v) is 16.9. The third kappa shape index (κ3) is 4.53. The Morgan fingerprint density at radius 3 is 2.21 bits per heavy atom. The summed E-state index contributed by atoms with van der Waals surface area (Å²) in [5, 5.41) is 2.84. The highest BCUT2D eigenvalue weighted by Gasteiger charge is 2.50. The molecule has 5 nitrogen and oxygen atoms in total. The van der Waals surface area contributed by atoms with Crippen molar-refractivity contribution in [1.29, 1.82) is 0 Å². The highest BCUT2D eigenvalue weighted by atomic mass is 16.6. The number of nitrogens with zero attached hydrogens (tertiary/aromatic N) is 1. The maximum Gasteiger partial charge on any atom is 0.407 e. The summed E-state index contributed by atoms with van der Waals surface area (Å²) >= 11 is 0. The fourth-order valence-corrected chi connectivity index (χ4v) is 3.64. The van der Waals surface area contributed by atoms with E-state index in [-0.39, 0.29) is 23.9 Å². The van der Waals surface area contributed by atoms with Gasteiger partial charge in [-0.25, -0.2) is 4.79 Å². The number of benzene rings is 2. The number of rotatable bonds is 5. The molecule has 1 saturated heterocycles. The molecule has 1 N–H and O–H groups in total. The molecular formula is C23H28N2O3. The van der Waals surface area contributed by atoms with Gasteiger partial charge >= 0.3 is 6.09 Å². The van der Waals surface area contributed by atoms with Crippen LogP contribution in [0.3, 0.4) is 0 Å². The van der Waals surface area contributed by atoms with Gasteiger partial charge in [0.15, 0.2) is 0 Å². The van der Waals surface area contributed by atoms with Crippen molar-refractivity contribution in [3.63, 3.8) is 0 Å². The maximum absolute atomic E-state index is 13.0. The van der Waals surface area contributed by atoms with Gasteiger partial charge in [0.25, 0.3) is 0 Å². The molecule has 1 fully saturated rings. The molecule has 1 aliphatic rings. The minimum absolute atomic E-state index is 0.0428. The van der Waals surface area contributed by atoms with E-state index in [1.165, 1.54) is 0 Å². The first-order valence-corrected chi connectivity index (χ1v) is 9.65. The third-order valence-corrected chi connectivity index (χ3v) is 4.86. The monoisotopic (exact) mass is 380 g/mol. The number of hydrogen-bond acceptors (Lipinski definition) is 3. The minimum atomic E-state index is -0.578. The average molecular weight is 380 g/mol. The molecule has 0 saturated carbocycles. The van der Waals surface area contributed by atoms with Gasteiger partial charge in [0, 0.05) is 12.6 Å². The second-order valence-corrected chi connectivity index (χ2v) is 8.27. The van der Waals surface area contributed by atoms with Crippen molar-refractivity contribution >= 4 is 12.0 Å². The Morgan fingerprint density at radius 2 is 1.64 bits per heavy atom.